The van der Waals surface area contributed by atoms with Gasteiger partial charge in [0.1, 0.15) is 5.76 Å². The molecule has 0 aliphatic carbocycles. The number of likely N-dealkylation sites (tertiary alicyclic amines) is 1. The number of piperidine rings is 1. The quantitative estimate of drug-likeness (QED) is 0.496. The van der Waals surface area contributed by atoms with Crippen LogP contribution in [0.1, 0.15) is 44.4 Å². The first-order valence-electron chi connectivity index (χ1n) is 10.4. The van der Waals surface area contributed by atoms with E-state index in [0.29, 0.717) is 32.1 Å². The van der Waals surface area contributed by atoms with Crippen molar-refractivity contribution >= 4 is 16.0 Å². The van der Waals surface area contributed by atoms with Crippen molar-refractivity contribution in [3.63, 3.8) is 0 Å². The van der Waals surface area contributed by atoms with Gasteiger partial charge in [-0.2, -0.15) is 0 Å². The van der Waals surface area contributed by atoms with Crippen LogP contribution in [-0.2, 0) is 10.0 Å². The zero-order valence-electron chi connectivity index (χ0n) is 16.8. The number of rotatable bonds is 8. The van der Waals surface area contributed by atoms with E-state index in [2.05, 4.69) is 15.5 Å². The molecule has 2 aliphatic heterocycles. The standard InChI is InChI=1S/C19H33N5O3S/c1-2-20-19(21-9-13-24-12-7-15-28(24,25)26)22-16-17(18-8-6-14-27-18)23-10-4-3-5-11-23/h6,8,14,17H,2-5,7,9-13,15-16H2,1H3,(H2,20,21,22). The van der Waals surface area contributed by atoms with E-state index in [1.807, 2.05) is 19.1 Å². The fourth-order valence-electron chi connectivity index (χ4n) is 3.86. The Morgan fingerprint density at radius 2 is 2.04 bits per heavy atom. The number of nitrogens with zero attached hydrogens (tertiary/aromatic N) is 3. The summed E-state index contributed by atoms with van der Waals surface area (Å²) in [5.41, 5.74) is 0. The maximum Gasteiger partial charge on any atom is 0.214 e. The van der Waals surface area contributed by atoms with E-state index in [4.69, 9.17) is 9.41 Å². The molecule has 1 unspecified atom stereocenters. The van der Waals surface area contributed by atoms with E-state index < -0.39 is 10.0 Å². The smallest absolute Gasteiger partial charge is 0.214 e. The van der Waals surface area contributed by atoms with Crippen LogP contribution in [0.2, 0.25) is 0 Å². The lowest BCUT2D eigenvalue weighted by molar-refractivity contribution is 0.150. The van der Waals surface area contributed by atoms with Crippen molar-refractivity contribution in [1.29, 1.82) is 0 Å². The molecule has 0 bridgehead atoms. The number of hydrogen-bond donors (Lipinski definition) is 2. The van der Waals surface area contributed by atoms with Crippen molar-refractivity contribution in [1.82, 2.24) is 19.8 Å². The highest BCUT2D eigenvalue weighted by atomic mass is 32.2. The number of nitrogens with one attached hydrogen (secondary N) is 2. The molecule has 2 saturated heterocycles. The van der Waals surface area contributed by atoms with Gasteiger partial charge in [-0.25, -0.2) is 12.7 Å². The zero-order chi connectivity index (χ0) is 19.8. The minimum atomic E-state index is -3.05. The summed E-state index contributed by atoms with van der Waals surface area (Å²) in [6.45, 7) is 7.15. The monoisotopic (exact) mass is 411 g/mol. The van der Waals surface area contributed by atoms with Gasteiger partial charge in [0, 0.05) is 26.2 Å². The largest absolute Gasteiger partial charge is 0.468 e. The average Bonchev–Trinajstić information content (AvgIpc) is 3.33. The second-order valence-corrected chi connectivity index (χ2v) is 9.43. The van der Waals surface area contributed by atoms with E-state index in [-0.39, 0.29) is 11.8 Å². The summed E-state index contributed by atoms with van der Waals surface area (Å²) in [4.78, 5) is 7.22. The maximum atomic E-state index is 11.9. The van der Waals surface area contributed by atoms with Crippen molar-refractivity contribution in [3.05, 3.63) is 24.2 Å². The van der Waals surface area contributed by atoms with Gasteiger partial charge in [-0.3, -0.25) is 9.89 Å². The lowest BCUT2D eigenvalue weighted by Crippen LogP contribution is -2.42. The summed E-state index contributed by atoms with van der Waals surface area (Å²) in [5.74, 6) is 1.93. The molecule has 3 heterocycles. The Bertz CT molecular complexity index is 714. The molecule has 2 aliphatic rings. The minimum Gasteiger partial charge on any atom is -0.468 e. The van der Waals surface area contributed by atoms with Crippen LogP contribution in [0.5, 0.6) is 0 Å². The lowest BCUT2D eigenvalue weighted by atomic mass is 10.1. The van der Waals surface area contributed by atoms with Crippen LogP contribution in [-0.4, -0.2) is 75.1 Å². The topological polar surface area (TPSA) is 90.2 Å². The van der Waals surface area contributed by atoms with E-state index >= 15 is 0 Å². The third kappa shape index (κ3) is 5.71. The van der Waals surface area contributed by atoms with Gasteiger partial charge in [0.25, 0.3) is 0 Å². The Hall–Kier alpha value is -1.58. The fourth-order valence-corrected chi connectivity index (χ4v) is 5.39. The molecular weight excluding hydrogens is 378 g/mol. The van der Waals surface area contributed by atoms with Crippen molar-refractivity contribution in [2.45, 2.75) is 38.6 Å². The molecule has 0 saturated carbocycles. The molecule has 3 rings (SSSR count). The van der Waals surface area contributed by atoms with Crippen LogP contribution < -0.4 is 10.6 Å². The highest BCUT2D eigenvalue weighted by molar-refractivity contribution is 7.89. The Morgan fingerprint density at radius 3 is 2.68 bits per heavy atom. The van der Waals surface area contributed by atoms with Gasteiger partial charge in [-0.1, -0.05) is 6.42 Å². The molecule has 9 heteroatoms. The number of guanidine groups is 1. The highest BCUT2D eigenvalue weighted by Gasteiger charge is 2.27. The Morgan fingerprint density at radius 1 is 1.21 bits per heavy atom. The molecule has 28 heavy (non-hydrogen) atoms. The van der Waals surface area contributed by atoms with Crippen LogP contribution in [0.15, 0.2) is 27.8 Å². The van der Waals surface area contributed by atoms with Crippen molar-refractivity contribution in [3.8, 4) is 0 Å². The van der Waals surface area contributed by atoms with Crippen molar-refractivity contribution < 1.29 is 12.8 Å². The highest BCUT2D eigenvalue weighted by Crippen LogP contribution is 2.25. The van der Waals surface area contributed by atoms with Gasteiger partial charge in [0.05, 0.1) is 24.6 Å². The molecule has 2 fully saturated rings. The third-order valence-electron chi connectivity index (χ3n) is 5.33. The third-order valence-corrected chi connectivity index (χ3v) is 7.28. The van der Waals surface area contributed by atoms with Crippen LogP contribution >= 0.6 is 0 Å². The van der Waals surface area contributed by atoms with Crippen LogP contribution in [0.25, 0.3) is 0 Å². The summed E-state index contributed by atoms with van der Waals surface area (Å²) in [5, 5.41) is 6.53. The van der Waals surface area contributed by atoms with Crippen molar-refractivity contribution in [2.75, 3.05) is 51.6 Å². The van der Waals surface area contributed by atoms with Gasteiger partial charge in [-0.05, 0) is 51.4 Å². The van der Waals surface area contributed by atoms with E-state index in [1.54, 1.807) is 10.6 Å². The van der Waals surface area contributed by atoms with Crippen LogP contribution in [0, 0.1) is 0 Å². The summed E-state index contributed by atoms with van der Waals surface area (Å²) in [7, 11) is -3.05. The van der Waals surface area contributed by atoms with Gasteiger partial charge < -0.3 is 15.1 Å². The van der Waals surface area contributed by atoms with Crippen LogP contribution in [0.3, 0.4) is 0 Å². The first-order valence-corrected chi connectivity index (χ1v) is 12.0. The normalized spacial score (nSPS) is 22.2. The number of furan rings is 1. The Kier molecular flexibility index (Phi) is 7.75. The first-order chi connectivity index (χ1) is 13.6. The van der Waals surface area contributed by atoms with Gasteiger partial charge in [0.15, 0.2) is 5.96 Å². The molecule has 2 N–H and O–H groups in total. The predicted molar refractivity (Wildman–Crippen MR) is 111 cm³/mol. The summed E-state index contributed by atoms with van der Waals surface area (Å²) < 4.78 is 31.1. The number of sulfonamides is 1. The summed E-state index contributed by atoms with van der Waals surface area (Å²) in [6.07, 6.45) is 6.15. The SMILES string of the molecule is CCNC(=NCC(c1ccco1)N1CCCCC1)NCCN1CCCS1(=O)=O. The fraction of sp³-hybridized carbons (Fsp3) is 0.737. The van der Waals surface area contributed by atoms with Gasteiger partial charge in [0.2, 0.25) is 10.0 Å². The molecule has 0 aromatic carbocycles. The summed E-state index contributed by atoms with van der Waals surface area (Å²) in [6, 6.07) is 4.08. The molecule has 0 amide bonds. The molecule has 1 aromatic heterocycles. The average molecular weight is 412 g/mol. The number of aliphatic imine (C=N–C) groups is 1. The molecule has 0 radical (unpaired) electrons. The Balaban J connectivity index is 1.59. The van der Waals surface area contributed by atoms with E-state index in [0.717, 1.165) is 31.8 Å². The van der Waals surface area contributed by atoms with E-state index in [9.17, 15) is 8.42 Å². The van der Waals surface area contributed by atoms with Gasteiger partial charge >= 0.3 is 0 Å². The minimum absolute atomic E-state index is 0.129. The molecule has 8 nitrogen and oxygen atoms in total. The molecule has 1 atom stereocenters. The van der Waals surface area contributed by atoms with Crippen LogP contribution in [0.4, 0.5) is 0 Å². The van der Waals surface area contributed by atoms with Crippen molar-refractivity contribution in [2.24, 2.45) is 4.99 Å². The molecular formula is C19H33N5O3S. The number of hydrogen-bond acceptors (Lipinski definition) is 5. The summed E-state index contributed by atoms with van der Waals surface area (Å²) >= 11 is 0. The van der Waals surface area contributed by atoms with E-state index in [1.165, 1.54) is 19.3 Å². The lowest BCUT2D eigenvalue weighted by Gasteiger charge is -2.32. The molecule has 158 valence electrons. The molecule has 1 aromatic rings. The second kappa shape index (κ2) is 10.3. The maximum absolute atomic E-state index is 11.9. The molecule has 0 spiro atoms. The van der Waals surface area contributed by atoms with Gasteiger partial charge in [-0.15, -0.1) is 0 Å². The Labute approximate surface area is 168 Å². The second-order valence-electron chi connectivity index (χ2n) is 7.34. The predicted octanol–water partition coefficient (Wildman–Crippen LogP) is 1.40. The first kappa shape index (κ1) is 21.1. The zero-order valence-corrected chi connectivity index (χ0v) is 17.6.